The van der Waals surface area contributed by atoms with Crippen LogP contribution in [0.2, 0.25) is 0 Å². The van der Waals surface area contributed by atoms with Crippen molar-refractivity contribution in [2.45, 2.75) is 63.0 Å². The number of ether oxygens (including phenoxy) is 6. The van der Waals surface area contributed by atoms with Crippen LogP contribution in [-0.4, -0.2) is 114 Å². The number of hydrogen-bond donors (Lipinski definition) is 2. The van der Waals surface area contributed by atoms with Gasteiger partial charge in [0.1, 0.15) is 53.6 Å². The summed E-state index contributed by atoms with van der Waals surface area (Å²) in [6.45, 7) is 3.24. The maximum Gasteiger partial charge on any atom is 0.424 e. The second kappa shape index (κ2) is 16.5. The number of benzene rings is 3. The van der Waals surface area contributed by atoms with E-state index in [1.165, 1.54) is 23.8 Å². The second-order valence-corrected chi connectivity index (χ2v) is 18.7. The van der Waals surface area contributed by atoms with Crippen molar-refractivity contribution < 1.29 is 61.1 Å². The lowest BCUT2D eigenvalue weighted by atomic mass is 9.62. The molecule has 324 valence electrons. The van der Waals surface area contributed by atoms with Crippen molar-refractivity contribution in [1.82, 2.24) is 18.8 Å². The van der Waals surface area contributed by atoms with E-state index in [1.807, 2.05) is 6.92 Å². The van der Waals surface area contributed by atoms with Gasteiger partial charge in [0.25, 0.3) is 0 Å². The summed E-state index contributed by atoms with van der Waals surface area (Å²) in [6, 6.07) is 19.2. The Morgan fingerprint density at radius 2 is 1.52 bits per heavy atom. The lowest BCUT2D eigenvalue weighted by Crippen LogP contribution is -2.77. The molecular weight excluding hydrogens is 833 g/mol. The van der Waals surface area contributed by atoms with Crippen LogP contribution in [0.5, 0.6) is 17.2 Å². The number of thioether (sulfide) groups is 1. The lowest BCUT2D eigenvalue weighted by Gasteiger charge is -2.56. The number of nitrogens with one attached hydrogen (secondary N) is 1. The number of rotatable bonds is 15. The Kier molecular flexibility index (Phi) is 11.5. The Bertz CT molecular complexity index is 2360. The SMILES string of the molecule is COc1ccc(COC(=O)C2=C3S[C@@]4(C(C)O)C(=O)N2[C@H]4[C@@]3(C)[C@@H]2CCNC2C(=O)OCc2cccc(OCN3CCN(C(=O)OCc4ccc(OC)cc4)S3(=O)=O)c2)cc1. The van der Waals surface area contributed by atoms with Crippen LogP contribution in [0.4, 0.5) is 4.79 Å². The van der Waals surface area contributed by atoms with E-state index in [0.717, 1.165) is 9.87 Å². The third kappa shape index (κ3) is 7.24. The van der Waals surface area contributed by atoms with Crippen LogP contribution >= 0.6 is 11.8 Å². The van der Waals surface area contributed by atoms with Crippen LogP contribution in [0, 0.1) is 11.3 Å². The van der Waals surface area contributed by atoms with E-state index in [1.54, 1.807) is 86.8 Å². The van der Waals surface area contributed by atoms with Crippen LogP contribution in [0.15, 0.2) is 83.4 Å². The molecule has 5 aliphatic rings. The van der Waals surface area contributed by atoms with Gasteiger partial charge in [0, 0.05) is 16.9 Å². The van der Waals surface area contributed by atoms with Gasteiger partial charge in [-0.2, -0.15) is 12.7 Å². The van der Waals surface area contributed by atoms with Crippen molar-refractivity contribution >= 4 is 45.9 Å². The van der Waals surface area contributed by atoms with Gasteiger partial charge in [-0.3, -0.25) is 14.5 Å². The fraction of sp³-hybridized carbons (Fsp3) is 0.429. The van der Waals surface area contributed by atoms with Crippen LogP contribution in [0.25, 0.3) is 0 Å². The van der Waals surface area contributed by atoms with E-state index in [4.69, 9.17) is 28.4 Å². The molecule has 5 aliphatic heterocycles. The highest BCUT2D eigenvalue weighted by Crippen LogP contribution is 2.75. The van der Waals surface area contributed by atoms with Crippen molar-refractivity contribution in [1.29, 1.82) is 0 Å². The van der Waals surface area contributed by atoms with Crippen LogP contribution in [-0.2, 0) is 58.6 Å². The number of aliphatic hydroxyl groups excluding tert-OH is 1. The van der Waals surface area contributed by atoms with Crippen LogP contribution < -0.4 is 19.5 Å². The molecule has 2 unspecified atom stereocenters. The summed E-state index contributed by atoms with van der Waals surface area (Å²) in [5.74, 6) is -0.342. The molecule has 3 aromatic carbocycles. The number of carbonyl (C=O) groups is 4. The molecule has 61 heavy (non-hydrogen) atoms. The van der Waals surface area contributed by atoms with Gasteiger partial charge in [0.2, 0.25) is 5.91 Å². The molecule has 3 aromatic rings. The molecule has 2 amide bonds. The van der Waals surface area contributed by atoms with Crippen molar-refractivity contribution in [3.05, 3.63) is 100 Å². The van der Waals surface area contributed by atoms with Crippen molar-refractivity contribution in [2.24, 2.45) is 11.3 Å². The van der Waals surface area contributed by atoms with Gasteiger partial charge in [0.15, 0.2) is 6.73 Å². The number of β-lactam (4-membered cyclic amide) rings is 1. The minimum absolute atomic E-state index is 0.00134. The molecule has 0 radical (unpaired) electrons. The maximum absolute atomic E-state index is 13.9. The Balaban J connectivity index is 0.890. The molecule has 8 rings (SSSR count). The molecule has 17 nitrogen and oxygen atoms in total. The Morgan fingerprint density at radius 1 is 0.885 bits per heavy atom. The van der Waals surface area contributed by atoms with E-state index < -0.39 is 62.5 Å². The highest BCUT2D eigenvalue weighted by molar-refractivity contribution is 8.06. The van der Waals surface area contributed by atoms with Crippen molar-refractivity contribution in [3.63, 3.8) is 0 Å². The number of carbonyl (C=O) groups excluding carboxylic acids is 4. The number of hydrogen-bond acceptors (Lipinski definition) is 15. The second-order valence-electron chi connectivity index (χ2n) is 15.5. The monoisotopic (exact) mass is 878 g/mol. The number of fused-ring (bicyclic) bond motifs is 1. The highest BCUT2D eigenvalue weighted by Gasteiger charge is 2.82. The van der Waals surface area contributed by atoms with Gasteiger partial charge in [-0.25, -0.2) is 9.59 Å². The molecule has 6 atom stereocenters. The molecule has 4 saturated heterocycles. The molecular formula is C42H46N4O13S2. The van der Waals surface area contributed by atoms with Gasteiger partial charge in [0.05, 0.1) is 32.9 Å². The summed E-state index contributed by atoms with van der Waals surface area (Å²) < 4.78 is 59.8. The number of methoxy groups -OCH3 is 2. The zero-order valence-electron chi connectivity index (χ0n) is 33.9. The van der Waals surface area contributed by atoms with Crippen molar-refractivity contribution in [3.8, 4) is 17.2 Å². The largest absolute Gasteiger partial charge is 0.497 e. The molecule has 0 aromatic heterocycles. The first kappa shape index (κ1) is 42.4. The van der Waals surface area contributed by atoms with E-state index in [2.05, 4.69) is 5.32 Å². The lowest BCUT2D eigenvalue weighted by molar-refractivity contribution is -0.164. The zero-order chi connectivity index (χ0) is 43.3. The Hall–Kier alpha value is -5.34. The smallest absolute Gasteiger partial charge is 0.424 e. The minimum atomic E-state index is -4.21. The number of esters is 2. The molecule has 0 spiro atoms. The third-order valence-corrected chi connectivity index (χ3v) is 15.9. The van der Waals surface area contributed by atoms with Crippen LogP contribution in [0.3, 0.4) is 0 Å². The fourth-order valence-electron chi connectivity index (χ4n) is 8.94. The molecule has 5 heterocycles. The summed E-state index contributed by atoms with van der Waals surface area (Å²) >= 11 is 1.20. The van der Waals surface area contributed by atoms with Gasteiger partial charge in [-0.15, -0.1) is 16.1 Å². The average molecular weight is 879 g/mol. The minimum Gasteiger partial charge on any atom is -0.497 e. The number of nitrogens with zero attached hydrogens (tertiary/aromatic N) is 3. The normalized spacial score (nSPS) is 26.5. The van der Waals surface area contributed by atoms with Crippen molar-refractivity contribution in [2.75, 3.05) is 40.6 Å². The predicted molar refractivity (Wildman–Crippen MR) is 218 cm³/mol. The molecule has 0 aliphatic carbocycles. The highest BCUT2D eigenvalue weighted by atomic mass is 32.2. The summed E-state index contributed by atoms with van der Waals surface area (Å²) in [4.78, 5) is 56.1. The Morgan fingerprint density at radius 3 is 2.16 bits per heavy atom. The third-order valence-electron chi connectivity index (χ3n) is 12.1. The number of aliphatic hydroxyl groups is 1. The quantitative estimate of drug-likeness (QED) is 0.128. The van der Waals surface area contributed by atoms with Gasteiger partial charge >= 0.3 is 28.2 Å². The van der Waals surface area contributed by atoms with E-state index >= 15 is 0 Å². The van der Waals surface area contributed by atoms with Crippen LogP contribution in [0.1, 0.15) is 37.0 Å². The molecule has 2 N–H and O–H groups in total. The molecule has 2 bridgehead atoms. The first-order chi connectivity index (χ1) is 29.2. The zero-order valence-corrected chi connectivity index (χ0v) is 35.5. The molecule has 4 fully saturated rings. The molecule has 0 saturated carbocycles. The standard InChI is InChI=1S/C42H46N4O13S2/c1-25(47)42-38-41(2,35(60-42)34(46(38)39(42)50)37(49)57-21-26-8-12-29(54-3)13-9-26)32-16-17-43-33(32)36(48)56-23-28-6-5-7-31(20-28)59-24-44-18-19-45(61(44,52)53)40(51)58-22-27-10-14-30(55-4)15-11-27/h5-15,20,25,32-33,38,43,47H,16-19,21-24H2,1-4H3/t25?,32-,33?,38+,41+,42-/m1/s1. The summed E-state index contributed by atoms with van der Waals surface area (Å²) in [7, 11) is -1.12. The summed E-state index contributed by atoms with van der Waals surface area (Å²) in [5, 5.41) is 14.3. The first-order valence-corrected chi connectivity index (χ1v) is 21.9. The molecule has 19 heteroatoms. The average Bonchev–Trinajstić information content (AvgIpc) is 4.00. The maximum atomic E-state index is 13.9. The fourth-order valence-corrected chi connectivity index (χ4v) is 12.2. The predicted octanol–water partition coefficient (Wildman–Crippen LogP) is 3.31. The van der Waals surface area contributed by atoms with Gasteiger partial charge in [-0.05, 0) is 78.9 Å². The first-order valence-electron chi connectivity index (χ1n) is 19.7. The summed E-state index contributed by atoms with van der Waals surface area (Å²) in [5.41, 5.74) is 1.25. The van der Waals surface area contributed by atoms with E-state index in [9.17, 15) is 32.7 Å². The topological polar surface area (TPSA) is 200 Å². The van der Waals surface area contributed by atoms with E-state index in [-0.39, 0.29) is 51.2 Å². The van der Waals surface area contributed by atoms with E-state index in [0.29, 0.717) is 50.6 Å². The number of amides is 2. The Labute approximate surface area is 357 Å². The van der Waals surface area contributed by atoms with Gasteiger partial charge in [-0.1, -0.05) is 43.3 Å². The van der Waals surface area contributed by atoms with Gasteiger partial charge < -0.3 is 38.8 Å². The summed E-state index contributed by atoms with van der Waals surface area (Å²) in [6.07, 6.45) is -1.48.